The number of carboxylic acid groups (broad SMARTS) is 1. The molecule has 1 atom stereocenters. The highest BCUT2D eigenvalue weighted by molar-refractivity contribution is 9.10. The maximum Gasteiger partial charge on any atom is 0.336 e. The van der Waals surface area contributed by atoms with E-state index in [2.05, 4.69) is 15.9 Å². The van der Waals surface area contributed by atoms with Crippen LogP contribution in [0.3, 0.4) is 0 Å². The minimum atomic E-state index is -1.14. The summed E-state index contributed by atoms with van der Waals surface area (Å²) in [6.07, 6.45) is 2.23. The zero-order valence-corrected chi connectivity index (χ0v) is 11.9. The number of hydrogen-bond donors (Lipinski definition) is 1. The van der Waals surface area contributed by atoms with Gasteiger partial charge >= 0.3 is 5.97 Å². The number of hydrogen-bond acceptors (Lipinski definition) is 3. The molecule has 0 radical (unpaired) electrons. The molecular formula is C12H12BrFO3S. The van der Waals surface area contributed by atoms with Gasteiger partial charge < -0.3 is 9.84 Å². The molecule has 3 nitrogen and oxygen atoms in total. The third-order valence-electron chi connectivity index (χ3n) is 2.73. The molecule has 0 bridgehead atoms. The van der Waals surface area contributed by atoms with Crippen LogP contribution in [-0.4, -0.2) is 29.5 Å². The molecule has 0 saturated carbocycles. The Kier molecular flexibility index (Phi) is 4.64. The summed E-state index contributed by atoms with van der Waals surface area (Å²) in [5.41, 5.74) is -0.0611. The predicted molar refractivity (Wildman–Crippen MR) is 70.8 cm³/mol. The largest absolute Gasteiger partial charge is 0.478 e. The highest BCUT2D eigenvalue weighted by Gasteiger charge is 2.19. The molecule has 1 aromatic rings. The molecule has 98 valence electrons. The summed E-state index contributed by atoms with van der Waals surface area (Å²) < 4.78 is 19.4. The van der Waals surface area contributed by atoms with Gasteiger partial charge in [-0.15, -0.1) is 11.8 Å². The molecule has 1 aliphatic rings. The second kappa shape index (κ2) is 6.04. The molecule has 1 unspecified atom stereocenters. The zero-order valence-electron chi connectivity index (χ0n) is 9.49. The number of aromatic carboxylic acids is 1. The third kappa shape index (κ3) is 3.05. The lowest BCUT2D eigenvalue weighted by atomic mass is 10.2. The maximum atomic E-state index is 13.9. The van der Waals surface area contributed by atoms with Crippen LogP contribution >= 0.6 is 27.7 Å². The van der Waals surface area contributed by atoms with E-state index in [0.29, 0.717) is 10.6 Å². The van der Waals surface area contributed by atoms with E-state index in [1.54, 1.807) is 0 Å². The Hall–Kier alpha value is -0.590. The Bertz CT molecular complexity index is 461. The van der Waals surface area contributed by atoms with E-state index in [0.717, 1.165) is 19.4 Å². The summed E-state index contributed by atoms with van der Waals surface area (Å²) in [5.74, 6) is -0.968. The number of rotatable bonds is 4. The third-order valence-corrected chi connectivity index (χ3v) is 4.67. The van der Waals surface area contributed by atoms with E-state index < -0.39 is 11.8 Å². The number of benzene rings is 1. The quantitative estimate of drug-likeness (QED) is 0.855. The van der Waals surface area contributed by atoms with E-state index in [9.17, 15) is 9.18 Å². The average molecular weight is 335 g/mol. The molecule has 1 heterocycles. The molecule has 1 aromatic carbocycles. The van der Waals surface area contributed by atoms with E-state index in [4.69, 9.17) is 9.84 Å². The molecule has 0 aromatic heterocycles. The monoisotopic (exact) mass is 334 g/mol. The van der Waals surface area contributed by atoms with Gasteiger partial charge in [0, 0.05) is 17.3 Å². The van der Waals surface area contributed by atoms with Gasteiger partial charge in [0.2, 0.25) is 0 Å². The summed E-state index contributed by atoms with van der Waals surface area (Å²) in [5, 5.41) is 8.86. The van der Waals surface area contributed by atoms with Gasteiger partial charge in [-0.05, 0) is 40.9 Å². The van der Waals surface area contributed by atoms with Crippen molar-refractivity contribution in [3.63, 3.8) is 0 Å². The Morgan fingerprint density at radius 2 is 2.39 bits per heavy atom. The summed E-state index contributed by atoms with van der Waals surface area (Å²) in [4.78, 5) is 11.3. The second-order valence-corrected chi connectivity index (χ2v) is 5.85. The molecule has 6 heteroatoms. The van der Waals surface area contributed by atoms with Gasteiger partial charge in [-0.1, -0.05) is 0 Å². The number of carbonyl (C=O) groups is 1. The van der Waals surface area contributed by atoms with Crippen LogP contribution in [0.15, 0.2) is 21.5 Å². The van der Waals surface area contributed by atoms with Crippen LogP contribution in [-0.2, 0) is 4.74 Å². The topological polar surface area (TPSA) is 46.5 Å². The van der Waals surface area contributed by atoms with Gasteiger partial charge in [0.05, 0.1) is 16.1 Å². The lowest BCUT2D eigenvalue weighted by Crippen LogP contribution is -2.08. The van der Waals surface area contributed by atoms with Crippen LogP contribution in [0, 0.1) is 5.82 Å². The van der Waals surface area contributed by atoms with Crippen molar-refractivity contribution in [3.05, 3.63) is 28.0 Å². The summed E-state index contributed by atoms with van der Waals surface area (Å²) in [7, 11) is 0. The van der Waals surface area contributed by atoms with Crippen molar-refractivity contribution in [2.24, 2.45) is 0 Å². The first kappa shape index (κ1) is 13.8. The minimum absolute atomic E-state index is 0.00680. The smallest absolute Gasteiger partial charge is 0.336 e. The molecule has 2 rings (SSSR count). The first-order chi connectivity index (χ1) is 8.59. The predicted octanol–water partition coefficient (Wildman–Crippen LogP) is 3.56. The van der Waals surface area contributed by atoms with Crippen LogP contribution in [0.4, 0.5) is 4.39 Å². The van der Waals surface area contributed by atoms with Crippen LogP contribution in [0.25, 0.3) is 0 Å². The van der Waals surface area contributed by atoms with Gasteiger partial charge in [-0.25, -0.2) is 9.18 Å². The molecule has 0 aliphatic carbocycles. The van der Waals surface area contributed by atoms with Crippen molar-refractivity contribution in [1.29, 1.82) is 0 Å². The Morgan fingerprint density at radius 3 is 3.00 bits per heavy atom. The number of ether oxygens (including phenoxy) is 1. The molecule has 1 N–H and O–H groups in total. The standard InChI is InChI=1S/C12H12BrFO3S/c13-10-8(12(15)16)3-4-9(11(10)14)18-6-7-2-1-5-17-7/h3-4,7H,1-2,5-6H2,(H,15,16). The van der Waals surface area contributed by atoms with Crippen molar-refractivity contribution in [2.45, 2.75) is 23.8 Å². The van der Waals surface area contributed by atoms with Crippen molar-refractivity contribution in [1.82, 2.24) is 0 Å². The first-order valence-electron chi connectivity index (χ1n) is 5.55. The zero-order chi connectivity index (χ0) is 13.1. The Labute approximate surface area is 117 Å². The molecule has 1 saturated heterocycles. The SMILES string of the molecule is O=C(O)c1ccc(SCC2CCCO2)c(F)c1Br. The molecular weight excluding hydrogens is 323 g/mol. The van der Waals surface area contributed by atoms with E-state index in [-0.39, 0.29) is 16.1 Å². The van der Waals surface area contributed by atoms with Gasteiger partial charge in [-0.2, -0.15) is 0 Å². The number of carboxylic acids is 1. The molecule has 1 aliphatic heterocycles. The normalized spacial score (nSPS) is 19.1. The van der Waals surface area contributed by atoms with E-state index >= 15 is 0 Å². The van der Waals surface area contributed by atoms with Crippen LogP contribution < -0.4 is 0 Å². The van der Waals surface area contributed by atoms with Gasteiger partial charge in [-0.3, -0.25) is 0 Å². The van der Waals surface area contributed by atoms with Crippen LogP contribution in [0.5, 0.6) is 0 Å². The lowest BCUT2D eigenvalue weighted by molar-refractivity contribution is 0.0695. The average Bonchev–Trinajstić information content (AvgIpc) is 2.83. The first-order valence-corrected chi connectivity index (χ1v) is 7.33. The van der Waals surface area contributed by atoms with Gasteiger partial charge in [0.1, 0.15) is 0 Å². The fraction of sp³-hybridized carbons (Fsp3) is 0.417. The highest BCUT2D eigenvalue weighted by atomic mass is 79.9. The second-order valence-electron chi connectivity index (χ2n) is 3.99. The fourth-order valence-corrected chi connectivity index (χ4v) is 3.43. The molecule has 18 heavy (non-hydrogen) atoms. The summed E-state index contributed by atoms with van der Waals surface area (Å²) in [6.45, 7) is 0.773. The minimum Gasteiger partial charge on any atom is -0.478 e. The maximum absolute atomic E-state index is 13.9. The highest BCUT2D eigenvalue weighted by Crippen LogP contribution is 2.31. The van der Waals surface area contributed by atoms with E-state index in [1.807, 2.05) is 0 Å². The Morgan fingerprint density at radius 1 is 1.61 bits per heavy atom. The van der Waals surface area contributed by atoms with Crippen molar-refractivity contribution >= 4 is 33.7 Å². The lowest BCUT2D eigenvalue weighted by Gasteiger charge is -2.10. The molecule has 0 amide bonds. The number of thioether (sulfide) groups is 1. The molecule has 0 spiro atoms. The van der Waals surface area contributed by atoms with Crippen molar-refractivity contribution in [3.8, 4) is 0 Å². The fourth-order valence-electron chi connectivity index (χ4n) is 1.77. The van der Waals surface area contributed by atoms with Crippen molar-refractivity contribution < 1.29 is 19.0 Å². The number of halogens is 2. The van der Waals surface area contributed by atoms with Gasteiger partial charge in [0.25, 0.3) is 0 Å². The van der Waals surface area contributed by atoms with E-state index in [1.165, 1.54) is 23.9 Å². The van der Waals surface area contributed by atoms with Crippen molar-refractivity contribution in [2.75, 3.05) is 12.4 Å². The van der Waals surface area contributed by atoms with Gasteiger partial charge in [0.15, 0.2) is 5.82 Å². The summed E-state index contributed by atoms with van der Waals surface area (Å²) >= 11 is 4.34. The Balaban J connectivity index is 2.09. The molecule has 1 fully saturated rings. The van der Waals surface area contributed by atoms with Crippen LogP contribution in [0.2, 0.25) is 0 Å². The summed E-state index contributed by atoms with van der Waals surface area (Å²) in [6, 6.07) is 2.91. The van der Waals surface area contributed by atoms with Crippen LogP contribution in [0.1, 0.15) is 23.2 Å².